The second kappa shape index (κ2) is 10.6. The van der Waals surface area contributed by atoms with Crippen LogP contribution in [0.15, 0.2) is 0 Å². The molecule has 0 fully saturated rings. The topological polar surface area (TPSA) is 159 Å². The van der Waals surface area contributed by atoms with E-state index in [9.17, 15) is 14.7 Å². The third-order valence-electron chi connectivity index (χ3n) is 2.94. The fourth-order valence-corrected chi connectivity index (χ4v) is 1.60. The van der Waals surface area contributed by atoms with Gasteiger partial charge in [-0.1, -0.05) is 6.42 Å². The average molecular weight is 291 g/mol. The van der Waals surface area contributed by atoms with Crippen LogP contribution in [0.3, 0.4) is 0 Å². The van der Waals surface area contributed by atoms with Crippen LogP contribution in [0, 0.1) is 0 Å². The van der Waals surface area contributed by atoms with Crippen LogP contribution in [-0.4, -0.2) is 58.5 Å². The lowest BCUT2D eigenvalue weighted by molar-refractivity contribution is -0.139. The van der Waals surface area contributed by atoms with E-state index < -0.39 is 30.1 Å². The van der Waals surface area contributed by atoms with Crippen molar-refractivity contribution in [2.24, 2.45) is 11.5 Å². The molecule has 0 saturated heterocycles. The van der Waals surface area contributed by atoms with Crippen molar-refractivity contribution in [3.05, 3.63) is 0 Å². The van der Waals surface area contributed by atoms with Crippen molar-refractivity contribution < 1.29 is 24.9 Å². The second-order valence-electron chi connectivity index (χ2n) is 4.82. The van der Waals surface area contributed by atoms with Crippen molar-refractivity contribution in [3.8, 4) is 0 Å². The summed E-state index contributed by atoms with van der Waals surface area (Å²) >= 11 is 0. The summed E-state index contributed by atoms with van der Waals surface area (Å²) in [7, 11) is 0. The van der Waals surface area contributed by atoms with E-state index in [0.29, 0.717) is 32.4 Å². The molecule has 0 spiro atoms. The number of hydrogen-bond acceptors (Lipinski definition) is 6. The van der Waals surface area contributed by atoms with Crippen molar-refractivity contribution in [3.63, 3.8) is 0 Å². The summed E-state index contributed by atoms with van der Waals surface area (Å²) in [6.45, 7) is 1.01. The molecule has 0 aliphatic rings. The molecule has 0 saturated carbocycles. The maximum atomic E-state index is 10.5. The van der Waals surface area contributed by atoms with Gasteiger partial charge in [-0.15, -0.1) is 0 Å². The molecular weight excluding hydrogens is 266 g/mol. The Kier molecular flexibility index (Phi) is 9.91. The highest BCUT2D eigenvalue weighted by Gasteiger charge is 2.14. The summed E-state index contributed by atoms with van der Waals surface area (Å²) in [4.78, 5) is 20.9. The molecule has 8 N–H and O–H groups in total. The molecule has 0 aliphatic heterocycles. The number of aliphatic hydroxyl groups excluding tert-OH is 1. The molecule has 0 rings (SSSR count). The first-order valence-corrected chi connectivity index (χ1v) is 6.70. The summed E-state index contributed by atoms with van der Waals surface area (Å²) in [5.74, 6) is -2.07. The van der Waals surface area contributed by atoms with Gasteiger partial charge < -0.3 is 32.1 Å². The Morgan fingerprint density at radius 3 is 2.05 bits per heavy atom. The number of hydrogen-bond donors (Lipinski definition) is 6. The summed E-state index contributed by atoms with van der Waals surface area (Å²) < 4.78 is 0. The number of aliphatic carboxylic acids is 2. The van der Waals surface area contributed by atoms with Gasteiger partial charge in [0.05, 0.1) is 6.10 Å². The highest BCUT2D eigenvalue weighted by atomic mass is 16.4. The van der Waals surface area contributed by atoms with Gasteiger partial charge in [-0.3, -0.25) is 9.59 Å². The standard InChI is InChI=1S/C12H25N3O5/c13-9(11(17)18)3-1-2-6-15-7-8(16)4-5-10(14)12(19)20/h8-10,15-16H,1-7,13-14H2,(H,17,18)(H,19,20)/t8-,9-,10-/m0/s1. The highest BCUT2D eigenvalue weighted by Crippen LogP contribution is 2.01. The van der Waals surface area contributed by atoms with E-state index in [2.05, 4.69) is 5.32 Å². The molecule has 20 heavy (non-hydrogen) atoms. The Bertz CT molecular complexity index is 301. The fourth-order valence-electron chi connectivity index (χ4n) is 1.60. The van der Waals surface area contributed by atoms with Crippen LogP contribution in [0.1, 0.15) is 32.1 Å². The SMILES string of the molecule is N[C@@H](CCCCNC[C@@H](O)CC[C@H](N)C(=O)O)C(=O)O. The average Bonchev–Trinajstić information content (AvgIpc) is 2.39. The van der Waals surface area contributed by atoms with Gasteiger partial charge in [0.25, 0.3) is 0 Å². The number of carboxylic acids is 2. The third-order valence-corrected chi connectivity index (χ3v) is 2.94. The fraction of sp³-hybridized carbons (Fsp3) is 0.833. The molecule has 0 aromatic carbocycles. The lowest BCUT2D eigenvalue weighted by Crippen LogP contribution is -2.33. The van der Waals surface area contributed by atoms with Crippen LogP contribution in [0.5, 0.6) is 0 Å². The first-order chi connectivity index (χ1) is 9.34. The Balaban J connectivity index is 3.46. The summed E-state index contributed by atoms with van der Waals surface area (Å²) in [5.41, 5.74) is 10.7. The van der Waals surface area contributed by atoms with E-state index in [0.717, 1.165) is 6.42 Å². The van der Waals surface area contributed by atoms with Crippen molar-refractivity contribution in [2.75, 3.05) is 13.1 Å². The van der Waals surface area contributed by atoms with Gasteiger partial charge in [-0.2, -0.15) is 0 Å². The monoisotopic (exact) mass is 291 g/mol. The summed E-state index contributed by atoms with van der Waals surface area (Å²) in [6, 6.07) is -1.76. The van der Waals surface area contributed by atoms with Gasteiger partial charge >= 0.3 is 11.9 Å². The molecule has 0 heterocycles. The van der Waals surface area contributed by atoms with E-state index in [4.69, 9.17) is 21.7 Å². The highest BCUT2D eigenvalue weighted by molar-refractivity contribution is 5.73. The Labute approximate surface area is 118 Å². The lowest BCUT2D eigenvalue weighted by Gasteiger charge is -2.13. The van der Waals surface area contributed by atoms with Crippen LogP contribution < -0.4 is 16.8 Å². The van der Waals surface area contributed by atoms with Gasteiger partial charge in [0, 0.05) is 6.54 Å². The van der Waals surface area contributed by atoms with E-state index >= 15 is 0 Å². The molecular formula is C12H25N3O5. The van der Waals surface area contributed by atoms with Crippen molar-refractivity contribution in [1.82, 2.24) is 5.32 Å². The Morgan fingerprint density at radius 1 is 0.950 bits per heavy atom. The number of unbranched alkanes of at least 4 members (excludes halogenated alkanes) is 1. The number of nitrogens with one attached hydrogen (secondary N) is 1. The molecule has 8 heteroatoms. The van der Waals surface area contributed by atoms with Crippen LogP contribution in [0.2, 0.25) is 0 Å². The van der Waals surface area contributed by atoms with E-state index in [1.54, 1.807) is 0 Å². The van der Waals surface area contributed by atoms with Gasteiger partial charge in [0.15, 0.2) is 0 Å². The number of carbonyl (C=O) groups is 2. The summed E-state index contributed by atoms with van der Waals surface area (Å²) in [6.07, 6.45) is 1.80. The molecule has 0 bridgehead atoms. The van der Waals surface area contributed by atoms with Gasteiger partial charge in [-0.25, -0.2) is 0 Å². The zero-order valence-electron chi connectivity index (χ0n) is 11.5. The predicted molar refractivity (Wildman–Crippen MR) is 73.2 cm³/mol. The van der Waals surface area contributed by atoms with Crippen LogP contribution in [-0.2, 0) is 9.59 Å². The molecule has 0 unspecified atom stereocenters. The number of aliphatic hydroxyl groups is 1. The molecule has 0 amide bonds. The second-order valence-corrected chi connectivity index (χ2v) is 4.82. The minimum absolute atomic E-state index is 0.228. The van der Waals surface area contributed by atoms with E-state index in [1.807, 2.05) is 0 Å². The van der Waals surface area contributed by atoms with Crippen LogP contribution in [0.4, 0.5) is 0 Å². The largest absolute Gasteiger partial charge is 0.480 e. The lowest BCUT2D eigenvalue weighted by atomic mass is 10.1. The number of rotatable bonds is 12. The van der Waals surface area contributed by atoms with Gasteiger partial charge in [0.1, 0.15) is 12.1 Å². The smallest absolute Gasteiger partial charge is 0.320 e. The normalized spacial score (nSPS) is 15.6. The Morgan fingerprint density at radius 2 is 1.50 bits per heavy atom. The maximum absolute atomic E-state index is 10.5. The van der Waals surface area contributed by atoms with Crippen LogP contribution >= 0.6 is 0 Å². The van der Waals surface area contributed by atoms with Crippen LogP contribution in [0.25, 0.3) is 0 Å². The molecule has 0 aromatic rings. The van der Waals surface area contributed by atoms with Crippen molar-refractivity contribution >= 4 is 11.9 Å². The molecule has 0 aromatic heterocycles. The number of carboxylic acid groups (broad SMARTS) is 2. The maximum Gasteiger partial charge on any atom is 0.320 e. The van der Waals surface area contributed by atoms with E-state index in [-0.39, 0.29) is 6.42 Å². The zero-order valence-corrected chi connectivity index (χ0v) is 11.5. The molecule has 118 valence electrons. The molecule has 8 nitrogen and oxygen atoms in total. The van der Waals surface area contributed by atoms with Crippen molar-refractivity contribution in [2.45, 2.75) is 50.3 Å². The minimum Gasteiger partial charge on any atom is -0.480 e. The number of nitrogens with two attached hydrogens (primary N) is 2. The first kappa shape index (κ1) is 18.8. The quantitative estimate of drug-likeness (QED) is 0.242. The zero-order chi connectivity index (χ0) is 15.5. The van der Waals surface area contributed by atoms with Crippen molar-refractivity contribution in [1.29, 1.82) is 0 Å². The summed E-state index contributed by atoms with van der Waals surface area (Å²) in [5, 5.41) is 29.8. The third kappa shape index (κ3) is 9.68. The van der Waals surface area contributed by atoms with E-state index in [1.165, 1.54) is 0 Å². The molecule has 3 atom stereocenters. The van der Waals surface area contributed by atoms with Gasteiger partial charge in [0.2, 0.25) is 0 Å². The Hall–Kier alpha value is -1.22. The van der Waals surface area contributed by atoms with Gasteiger partial charge in [-0.05, 0) is 32.2 Å². The predicted octanol–water partition coefficient (Wildman–Crippen LogP) is -1.29. The molecule has 0 aliphatic carbocycles. The first-order valence-electron chi connectivity index (χ1n) is 6.70. The minimum atomic E-state index is -1.07. The molecule has 0 radical (unpaired) electrons.